The van der Waals surface area contributed by atoms with Crippen LogP contribution in [0.2, 0.25) is 0 Å². The second-order valence-corrected chi connectivity index (χ2v) is 4.82. The van der Waals surface area contributed by atoms with Crippen LogP contribution in [0.15, 0.2) is 41.5 Å². The molecule has 0 bridgehead atoms. The Morgan fingerprint density at radius 2 is 2.11 bits per heavy atom. The minimum atomic E-state index is 0.565. The molecule has 1 aromatic carbocycles. The topological polar surface area (TPSA) is 51.3 Å². The number of benzene rings is 1. The second-order valence-electron chi connectivity index (χ2n) is 4.82. The molecule has 1 heterocycles. The van der Waals surface area contributed by atoms with Crippen LogP contribution in [0, 0.1) is 5.92 Å². The number of hydrogen-bond donors (Lipinski definition) is 1. The van der Waals surface area contributed by atoms with Gasteiger partial charge in [-0.15, -0.1) is 0 Å². The van der Waals surface area contributed by atoms with Crippen LogP contribution in [0.4, 0.5) is 0 Å². The Balaban J connectivity index is 1.76. The van der Waals surface area contributed by atoms with Gasteiger partial charge in [0.2, 0.25) is 0 Å². The lowest BCUT2D eigenvalue weighted by molar-refractivity contribution is 0.952. The van der Waals surface area contributed by atoms with Crippen LogP contribution in [0.25, 0.3) is 10.9 Å². The highest BCUT2D eigenvalue weighted by Crippen LogP contribution is 2.28. The molecule has 18 heavy (non-hydrogen) atoms. The van der Waals surface area contributed by atoms with Crippen molar-refractivity contribution in [3.05, 3.63) is 42.1 Å². The zero-order valence-corrected chi connectivity index (χ0v) is 10.3. The highest BCUT2D eigenvalue weighted by atomic mass is 14.9. The van der Waals surface area contributed by atoms with Crippen LogP contribution < -0.4 is 5.73 Å². The Morgan fingerprint density at radius 3 is 2.94 bits per heavy atom. The van der Waals surface area contributed by atoms with Crippen molar-refractivity contribution in [3.8, 4) is 0 Å². The van der Waals surface area contributed by atoms with Gasteiger partial charge in [0.05, 0.1) is 11.4 Å². The van der Waals surface area contributed by atoms with Crippen molar-refractivity contribution in [2.75, 3.05) is 6.54 Å². The number of rotatable bonds is 4. The molecule has 0 aliphatic heterocycles. The van der Waals surface area contributed by atoms with E-state index in [1.54, 1.807) is 0 Å². The average Bonchev–Trinajstić information content (AvgIpc) is 3.23. The van der Waals surface area contributed by atoms with Gasteiger partial charge >= 0.3 is 0 Å². The van der Waals surface area contributed by atoms with Gasteiger partial charge in [-0.2, -0.15) is 0 Å². The molecule has 3 rings (SSSR count). The quantitative estimate of drug-likeness (QED) is 0.658. The molecule has 3 nitrogen and oxygen atoms in total. The van der Waals surface area contributed by atoms with Crippen LogP contribution in [0.3, 0.4) is 0 Å². The first-order valence-electron chi connectivity index (χ1n) is 6.47. The molecule has 0 spiro atoms. The molecule has 2 aromatic rings. The van der Waals surface area contributed by atoms with E-state index in [9.17, 15) is 0 Å². The smallest absolute Gasteiger partial charge is 0.0968 e. The van der Waals surface area contributed by atoms with E-state index in [-0.39, 0.29) is 0 Å². The van der Waals surface area contributed by atoms with E-state index in [0.717, 1.165) is 24.3 Å². The van der Waals surface area contributed by atoms with Crippen molar-refractivity contribution in [2.24, 2.45) is 16.6 Å². The van der Waals surface area contributed by atoms with Gasteiger partial charge < -0.3 is 5.73 Å². The molecule has 92 valence electrons. The molecule has 1 aromatic heterocycles. The van der Waals surface area contributed by atoms with Gasteiger partial charge in [-0.1, -0.05) is 24.3 Å². The number of nitrogens with zero attached hydrogens (tertiary/aromatic N) is 2. The van der Waals surface area contributed by atoms with Crippen molar-refractivity contribution in [1.82, 2.24) is 4.98 Å². The van der Waals surface area contributed by atoms with Gasteiger partial charge in [0.1, 0.15) is 0 Å². The average molecular weight is 239 g/mol. The minimum absolute atomic E-state index is 0.565. The number of hydrogen-bond acceptors (Lipinski definition) is 2. The number of nitrogens with two attached hydrogens (primary N) is 1. The maximum atomic E-state index is 5.89. The Hall–Kier alpha value is -1.90. The molecule has 0 saturated heterocycles. The van der Waals surface area contributed by atoms with Gasteiger partial charge in [0, 0.05) is 24.0 Å². The summed E-state index contributed by atoms with van der Waals surface area (Å²) in [5.41, 5.74) is 8.22. The van der Waals surface area contributed by atoms with Crippen molar-refractivity contribution >= 4 is 16.7 Å². The van der Waals surface area contributed by atoms with E-state index in [0.29, 0.717) is 5.92 Å². The predicted octanol–water partition coefficient (Wildman–Crippen LogP) is 2.54. The van der Waals surface area contributed by atoms with Crippen LogP contribution in [0.5, 0.6) is 0 Å². The maximum Gasteiger partial charge on any atom is 0.0968 e. The van der Waals surface area contributed by atoms with Crippen molar-refractivity contribution in [1.29, 1.82) is 0 Å². The fourth-order valence-corrected chi connectivity index (χ4v) is 2.18. The van der Waals surface area contributed by atoms with Crippen LogP contribution >= 0.6 is 0 Å². The fraction of sp³-hybridized carbons (Fsp3) is 0.333. The van der Waals surface area contributed by atoms with E-state index in [2.05, 4.69) is 34.2 Å². The first-order chi connectivity index (χ1) is 8.84. The molecule has 3 heteroatoms. The number of pyridine rings is 1. The largest absolute Gasteiger partial charge is 0.387 e. The van der Waals surface area contributed by atoms with Crippen LogP contribution in [0.1, 0.15) is 18.4 Å². The van der Waals surface area contributed by atoms with Crippen LogP contribution in [-0.4, -0.2) is 17.4 Å². The maximum absolute atomic E-state index is 5.89. The second kappa shape index (κ2) is 4.77. The highest BCUT2D eigenvalue weighted by Gasteiger charge is 2.24. The number of amidine groups is 1. The Kier molecular flexibility index (Phi) is 2.97. The first-order valence-corrected chi connectivity index (χ1v) is 6.47. The molecule has 0 radical (unpaired) electrons. The Bertz CT molecular complexity index is 580. The lowest BCUT2D eigenvalue weighted by Gasteiger charge is -2.04. The van der Waals surface area contributed by atoms with Crippen LogP contribution in [-0.2, 0) is 6.42 Å². The van der Waals surface area contributed by atoms with E-state index >= 15 is 0 Å². The SMILES string of the molecule is NC(=NCCc1cccc2cccnc12)C1CC1. The predicted molar refractivity (Wildman–Crippen MR) is 74.7 cm³/mol. The van der Waals surface area contributed by atoms with Crippen molar-refractivity contribution in [2.45, 2.75) is 19.3 Å². The zero-order valence-electron chi connectivity index (χ0n) is 10.3. The summed E-state index contributed by atoms with van der Waals surface area (Å²) in [6.45, 7) is 0.762. The van der Waals surface area contributed by atoms with E-state index in [1.807, 2.05) is 12.3 Å². The van der Waals surface area contributed by atoms with E-state index in [1.165, 1.54) is 23.8 Å². The summed E-state index contributed by atoms with van der Waals surface area (Å²) in [6, 6.07) is 10.3. The van der Waals surface area contributed by atoms with Gasteiger partial charge in [0.15, 0.2) is 0 Å². The molecule has 1 aliphatic carbocycles. The third-order valence-corrected chi connectivity index (χ3v) is 3.39. The Labute approximate surface area is 107 Å². The van der Waals surface area contributed by atoms with E-state index in [4.69, 9.17) is 5.73 Å². The minimum Gasteiger partial charge on any atom is -0.387 e. The Morgan fingerprint density at radius 1 is 1.28 bits per heavy atom. The monoisotopic (exact) mass is 239 g/mol. The highest BCUT2D eigenvalue weighted by molar-refractivity contribution is 5.85. The zero-order chi connectivity index (χ0) is 12.4. The van der Waals surface area contributed by atoms with Crippen molar-refractivity contribution < 1.29 is 0 Å². The van der Waals surface area contributed by atoms with E-state index < -0.39 is 0 Å². The van der Waals surface area contributed by atoms with Crippen molar-refractivity contribution in [3.63, 3.8) is 0 Å². The molecule has 1 aliphatic rings. The molecular weight excluding hydrogens is 222 g/mol. The summed E-state index contributed by atoms with van der Waals surface area (Å²) in [7, 11) is 0. The molecule has 0 amide bonds. The molecule has 0 atom stereocenters. The number of fused-ring (bicyclic) bond motifs is 1. The first kappa shape index (κ1) is 11.2. The fourth-order valence-electron chi connectivity index (χ4n) is 2.18. The third-order valence-electron chi connectivity index (χ3n) is 3.39. The lowest BCUT2D eigenvalue weighted by atomic mass is 10.1. The molecule has 1 fully saturated rings. The lowest BCUT2D eigenvalue weighted by Crippen LogP contribution is -2.14. The summed E-state index contributed by atoms with van der Waals surface area (Å²) in [6.07, 6.45) is 5.17. The van der Waals surface area contributed by atoms with Gasteiger partial charge in [-0.25, -0.2) is 0 Å². The summed E-state index contributed by atoms with van der Waals surface area (Å²) in [5.74, 6) is 1.40. The summed E-state index contributed by atoms with van der Waals surface area (Å²) in [4.78, 5) is 8.90. The summed E-state index contributed by atoms with van der Waals surface area (Å²) in [5, 5.41) is 1.19. The number of aliphatic imine (C=N–C) groups is 1. The molecular formula is C15H17N3. The molecule has 1 saturated carbocycles. The number of aromatic nitrogens is 1. The molecule has 0 unspecified atom stereocenters. The summed E-state index contributed by atoms with van der Waals surface area (Å²) >= 11 is 0. The van der Waals surface area contributed by atoms with Gasteiger partial charge in [-0.05, 0) is 30.9 Å². The molecule has 2 N–H and O–H groups in total. The standard InChI is InChI=1S/C15H17N3/c16-15(13-6-7-13)18-10-8-12-4-1-3-11-5-2-9-17-14(11)12/h1-5,9,13H,6-8,10H2,(H2,16,18). The third kappa shape index (κ3) is 2.35. The van der Waals surface area contributed by atoms with Gasteiger partial charge in [0.25, 0.3) is 0 Å². The van der Waals surface area contributed by atoms with Gasteiger partial charge in [-0.3, -0.25) is 9.98 Å². The number of para-hydroxylation sites is 1. The summed E-state index contributed by atoms with van der Waals surface area (Å²) < 4.78 is 0. The normalized spacial score (nSPS) is 16.1.